The molecule has 0 amide bonds. The van der Waals surface area contributed by atoms with Gasteiger partial charge >= 0.3 is 0 Å². The number of hydrogen-bond donors (Lipinski definition) is 3. The average molecular weight is 543 g/mol. The Morgan fingerprint density at radius 1 is 0.732 bits per heavy atom. The van der Waals surface area contributed by atoms with Gasteiger partial charge in [0.2, 0.25) is 0 Å². The average Bonchev–Trinajstić information content (AvgIpc) is 3.37. The van der Waals surface area contributed by atoms with Crippen LogP contribution < -0.4 is 20.4 Å². The fourth-order valence-electron chi connectivity index (χ4n) is 4.71. The molecule has 0 atom stereocenters. The molecular weight excluding hydrogens is 512 g/mol. The highest BCUT2D eigenvalue weighted by atomic mass is 16.7. The first-order chi connectivity index (χ1) is 20.1. The minimum atomic E-state index is 0.682. The van der Waals surface area contributed by atoms with Crippen LogP contribution in [-0.2, 0) is 11.3 Å². The Morgan fingerprint density at radius 3 is 2.22 bits per heavy atom. The second-order valence-electron chi connectivity index (χ2n) is 9.53. The molecule has 0 saturated heterocycles. The molecule has 0 aliphatic heterocycles. The summed E-state index contributed by atoms with van der Waals surface area (Å²) in [7, 11) is 3.57. The highest BCUT2D eigenvalue weighted by Crippen LogP contribution is 2.31. The molecule has 8 heteroatoms. The number of H-pyrrole nitrogens is 1. The van der Waals surface area contributed by atoms with E-state index in [1.54, 1.807) is 18.5 Å². The van der Waals surface area contributed by atoms with Crippen molar-refractivity contribution in [2.45, 2.75) is 6.42 Å². The quantitative estimate of drug-likeness (QED) is 0.152. The molecule has 0 fully saturated rings. The zero-order chi connectivity index (χ0) is 28.0. The SMILES string of the molecule is CON(C)c1[nH]c2ccccc2c1Cc1cccc(Nc2cc(Nc3ccc(Oc4ccccc4)cc3)ncn2)c1. The van der Waals surface area contributed by atoms with Crippen LogP contribution in [0.1, 0.15) is 11.1 Å². The largest absolute Gasteiger partial charge is 0.457 e. The summed E-state index contributed by atoms with van der Waals surface area (Å²) in [4.78, 5) is 17.8. The number of aromatic amines is 1. The molecule has 6 rings (SSSR count). The van der Waals surface area contributed by atoms with E-state index in [0.29, 0.717) is 11.6 Å². The fraction of sp³-hybridized carbons (Fsp3) is 0.0909. The van der Waals surface area contributed by atoms with Gasteiger partial charge in [0.05, 0.1) is 7.11 Å². The molecule has 2 aromatic heterocycles. The van der Waals surface area contributed by atoms with Crippen LogP contribution in [0, 0.1) is 0 Å². The zero-order valence-electron chi connectivity index (χ0n) is 22.8. The molecule has 0 bridgehead atoms. The number of benzene rings is 4. The highest BCUT2D eigenvalue weighted by molar-refractivity contribution is 5.89. The van der Waals surface area contributed by atoms with Crippen molar-refractivity contribution in [3.63, 3.8) is 0 Å². The normalized spacial score (nSPS) is 10.9. The van der Waals surface area contributed by atoms with Gasteiger partial charge in [-0.1, -0.05) is 48.5 Å². The lowest BCUT2D eigenvalue weighted by atomic mass is 10.0. The lowest BCUT2D eigenvalue weighted by molar-refractivity contribution is 0.182. The van der Waals surface area contributed by atoms with Gasteiger partial charge in [0.25, 0.3) is 0 Å². The maximum Gasteiger partial charge on any atom is 0.135 e. The molecule has 0 saturated carbocycles. The number of rotatable bonds is 10. The van der Waals surface area contributed by atoms with E-state index in [1.807, 2.05) is 85.9 Å². The van der Waals surface area contributed by atoms with Gasteiger partial charge in [0.15, 0.2) is 0 Å². The number of hydrogen-bond acceptors (Lipinski definition) is 7. The Labute approximate surface area is 238 Å². The number of para-hydroxylation sites is 2. The number of aromatic nitrogens is 3. The van der Waals surface area contributed by atoms with Gasteiger partial charge in [0.1, 0.15) is 35.3 Å². The molecule has 8 nitrogen and oxygen atoms in total. The molecule has 0 spiro atoms. The maximum atomic E-state index is 5.88. The van der Waals surface area contributed by atoms with Crippen LogP contribution in [0.25, 0.3) is 10.9 Å². The van der Waals surface area contributed by atoms with Gasteiger partial charge in [0, 0.05) is 47.4 Å². The van der Waals surface area contributed by atoms with Crippen LogP contribution in [0.3, 0.4) is 0 Å². The summed E-state index contributed by atoms with van der Waals surface area (Å²) in [6.45, 7) is 0. The number of nitrogens with one attached hydrogen (secondary N) is 3. The van der Waals surface area contributed by atoms with Crippen molar-refractivity contribution < 1.29 is 9.57 Å². The van der Waals surface area contributed by atoms with E-state index in [0.717, 1.165) is 46.2 Å². The minimum absolute atomic E-state index is 0.682. The summed E-state index contributed by atoms with van der Waals surface area (Å²) in [5.41, 5.74) is 5.25. The smallest absolute Gasteiger partial charge is 0.135 e. The van der Waals surface area contributed by atoms with E-state index in [9.17, 15) is 0 Å². The van der Waals surface area contributed by atoms with E-state index < -0.39 is 0 Å². The molecule has 0 aliphatic rings. The topological polar surface area (TPSA) is 87.3 Å². The molecule has 204 valence electrons. The Balaban J connectivity index is 1.15. The Kier molecular flexibility index (Phi) is 7.46. The van der Waals surface area contributed by atoms with Crippen molar-refractivity contribution in [2.24, 2.45) is 0 Å². The van der Waals surface area contributed by atoms with Crippen LogP contribution >= 0.6 is 0 Å². The van der Waals surface area contributed by atoms with Gasteiger partial charge in [-0.25, -0.2) is 15.0 Å². The van der Waals surface area contributed by atoms with Crippen molar-refractivity contribution in [3.8, 4) is 11.5 Å². The van der Waals surface area contributed by atoms with Gasteiger partial charge in [-0.2, -0.15) is 0 Å². The van der Waals surface area contributed by atoms with Gasteiger partial charge in [-0.15, -0.1) is 0 Å². The summed E-state index contributed by atoms with van der Waals surface area (Å²) in [6, 6.07) is 36.0. The zero-order valence-corrected chi connectivity index (χ0v) is 22.8. The van der Waals surface area contributed by atoms with Crippen molar-refractivity contribution in [3.05, 3.63) is 127 Å². The summed E-state index contributed by atoms with van der Waals surface area (Å²) >= 11 is 0. The highest BCUT2D eigenvalue weighted by Gasteiger charge is 2.15. The van der Waals surface area contributed by atoms with Crippen molar-refractivity contribution in [1.29, 1.82) is 0 Å². The van der Waals surface area contributed by atoms with E-state index in [1.165, 1.54) is 10.9 Å². The van der Waals surface area contributed by atoms with Gasteiger partial charge < -0.3 is 20.4 Å². The van der Waals surface area contributed by atoms with Gasteiger partial charge in [-0.05, 0) is 60.2 Å². The number of hydroxylamine groups is 1. The molecule has 0 aliphatic carbocycles. The third-order valence-corrected chi connectivity index (χ3v) is 6.73. The van der Waals surface area contributed by atoms with E-state index in [-0.39, 0.29) is 0 Å². The first-order valence-corrected chi connectivity index (χ1v) is 13.3. The van der Waals surface area contributed by atoms with Crippen molar-refractivity contribution >= 4 is 39.7 Å². The molecule has 3 N–H and O–H groups in total. The molecule has 0 unspecified atom stereocenters. The second kappa shape index (κ2) is 11.8. The van der Waals surface area contributed by atoms with E-state index in [2.05, 4.69) is 55.9 Å². The second-order valence-corrected chi connectivity index (χ2v) is 9.53. The minimum Gasteiger partial charge on any atom is -0.457 e. The molecule has 2 heterocycles. The first kappa shape index (κ1) is 25.9. The monoisotopic (exact) mass is 542 g/mol. The number of ether oxygens (including phenoxy) is 1. The Bertz CT molecular complexity index is 1750. The number of nitrogens with zero attached hydrogens (tertiary/aromatic N) is 3. The standard InChI is InChI=1S/C33H30N6O2/c1-39(40-2)33-29(28-13-6-7-14-30(28)38-33)20-23-9-8-10-25(19-23)37-32-21-31(34-22-35-32)36-24-15-17-27(18-16-24)41-26-11-4-3-5-12-26/h3-19,21-22,38H,20H2,1-2H3,(H2,34,35,36,37). The van der Waals surface area contributed by atoms with E-state index >= 15 is 0 Å². The third kappa shape index (κ3) is 6.13. The molecule has 41 heavy (non-hydrogen) atoms. The van der Waals surface area contributed by atoms with Crippen LogP contribution in [0.15, 0.2) is 116 Å². The summed E-state index contributed by atoms with van der Waals surface area (Å²) in [6.07, 6.45) is 2.28. The molecule has 4 aromatic carbocycles. The van der Waals surface area contributed by atoms with Crippen LogP contribution in [0.2, 0.25) is 0 Å². The van der Waals surface area contributed by atoms with Crippen molar-refractivity contribution in [2.75, 3.05) is 29.9 Å². The third-order valence-electron chi connectivity index (χ3n) is 6.73. The molecule has 6 aromatic rings. The summed E-state index contributed by atoms with van der Waals surface area (Å²) in [5, 5.41) is 9.69. The fourth-order valence-corrected chi connectivity index (χ4v) is 4.71. The summed E-state index contributed by atoms with van der Waals surface area (Å²) in [5.74, 6) is 3.88. The van der Waals surface area contributed by atoms with Crippen LogP contribution in [-0.4, -0.2) is 29.1 Å². The van der Waals surface area contributed by atoms with Gasteiger partial charge in [-0.3, -0.25) is 4.84 Å². The van der Waals surface area contributed by atoms with Crippen molar-refractivity contribution in [1.82, 2.24) is 15.0 Å². The number of fused-ring (bicyclic) bond motifs is 1. The lowest BCUT2D eigenvalue weighted by Crippen LogP contribution is -2.16. The Morgan fingerprint density at radius 2 is 1.44 bits per heavy atom. The summed E-state index contributed by atoms with van der Waals surface area (Å²) < 4.78 is 5.88. The molecule has 0 radical (unpaired) electrons. The predicted molar refractivity (Wildman–Crippen MR) is 165 cm³/mol. The van der Waals surface area contributed by atoms with Crippen LogP contribution in [0.4, 0.5) is 28.8 Å². The van der Waals surface area contributed by atoms with E-state index in [4.69, 9.17) is 9.57 Å². The lowest BCUT2D eigenvalue weighted by Gasteiger charge is -2.16. The number of anilines is 5. The first-order valence-electron chi connectivity index (χ1n) is 13.3. The maximum absolute atomic E-state index is 5.88. The predicted octanol–water partition coefficient (Wildman–Crippen LogP) is 7.83. The Hall–Kier alpha value is -5.34. The molecular formula is C33H30N6O2. The van der Waals surface area contributed by atoms with Crippen LogP contribution in [0.5, 0.6) is 11.5 Å².